The molecule has 0 radical (unpaired) electrons. The largest absolute Gasteiger partial charge is 0.220 e. The second-order valence-electron chi connectivity index (χ2n) is 8.03. The van der Waals surface area contributed by atoms with E-state index in [9.17, 15) is 5.26 Å². The Bertz CT molecular complexity index is 1410. The first-order chi connectivity index (χ1) is 15.1. The summed E-state index contributed by atoms with van der Waals surface area (Å²) in [6.45, 7) is 2.16. The molecule has 2 aromatic heterocycles. The van der Waals surface area contributed by atoms with Gasteiger partial charge in [0.1, 0.15) is 14.1 Å². The average molecular weight is 402 g/mol. The zero-order chi connectivity index (χ0) is 21.5. The first-order valence-electron chi connectivity index (χ1n) is 10.4. The van der Waals surface area contributed by atoms with Crippen molar-refractivity contribution >= 4 is 21.8 Å². The van der Waals surface area contributed by atoms with Crippen LogP contribution in [-0.2, 0) is 14.1 Å². The van der Waals surface area contributed by atoms with Crippen molar-refractivity contribution in [1.82, 2.24) is 0 Å². The van der Waals surface area contributed by atoms with Crippen LogP contribution in [0.1, 0.15) is 11.1 Å². The van der Waals surface area contributed by atoms with E-state index in [1.54, 1.807) is 0 Å². The van der Waals surface area contributed by atoms with Crippen LogP contribution in [0.15, 0.2) is 85.2 Å². The molecule has 0 fully saturated rings. The summed E-state index contributed by atoms with van der Waals surface area (Å²) >= 11 is 0. The SMILES string of the molecule is Cc1c(-c2cccc3ccc[n+](C)c23)cc(C#N)cc1-c1cccc2ccc[n+](C)c12. The number of benzene rings is 3. The quantitative estimate of drug-likeness (QED) is 0.376. The Balaban J connectivity index is 1.88. The Hall–Kier alpha value is -4.03. The van der Waals surface area contributed by atoms with Crippen LogP contribution in [-0.4, -0.2) is 0 Å². The van der Waals surface area contributed by atoms with Crippen molar-refractivity contribution in [1.29, 1.82) is 5.26 Å². The van der Waals surface area contributed by atoms with Gasteiger partial charge in [0.05, 0.1) is 22.8 Å². The second-order valence-corrected chi connectivity index (χ2v) is 8.03. The van der Waals surface area contributed by atoms with E-state index in [0.29, 0.717) is 5.56 Å². The van der Waals surface area contributed by atoms with Gasteiger partial charge < -0.3 is 0 Å². The number of para-hydroxylation sites is 2. The first kappa shape index (κ1) is 19.0. The minimum Gasteiger partial charge on any atom is -0.200 e. The molecule has 0 unspecified atom stereocenters. The van der Waals surface area contributed by atoms with Crippen molar-refractivity contribution in [2.24, 2.45) is 14.1 Å². The lowest BCUT2D eigenvalue weighted by Gasteiger charge is -2.14. The molecule has 3 nitrogen and oxygen atoms in total. The van der Waals surface area contributed by atoms with E-state index in [1.165, 1.54) is 16.3 Å². The maximum atomic E-state index is 9.85. The fourth-order valence-corrected chi connectivity index (χ4v) is 4.65. The lowest BCUT2D eigenvalue weighted by Crippen LogP contribution is -2.28. The summed E-state index contributed by atoms with van der Waals surface area (Å²) in [6.07, 6.45) is 4.14. The number of fused-ring (bicyclic) bond motifs is 2. The van der Waals surface area contributed by atoms with Crippen molar-refractivity contribution in [3.8, 4) is 28.3 Å². The van der Waals surface area contributed by atoms with E-state index in [1.807, 2.05) is 12.1 Å². The van der Waals surface area contributed by atoms with Crippen LogP contribution in [0.4, 0.5) is 0 Å². The van der Waals surface area contributed by atoms with Gasteiger partial charge in [0, 0.05) is 22.9 Å². The van der Waals surface area contributed by atoms with Crippen LogP contribution in [0.2, 0.25) is 0 Å². The van der Waals surface area contributed by atoms with Gasteiger partial charge in [0.15, 0.2) is 12.4 Å². The summed E-state index contributed by atoms with van der Waals surface area (Å²) in [6, 6.07) is 27.6. The topological polar surface area (TPSA) is 31.5 Å². The molecule has 0 saturated carbocycles. The highest BCUT2D eigenvalue weighted by Crippen LogP contribution is 2.37. The minimum atomic E-state index is 0.668. The molecule has 0 atom stereocenters. The van der Waals surface area contributed by atoms with Gasteiger partial charge in [-0.25, -0.2) is 9.13 Å². The molecule has 0 N–H and O–H groups in total. The number of rotatable bonds is 2. The number of nitrogens with zero attached hydrogens (tertiary/aromatic N) is 3. The van der Waals surface area contributed by atoms with Crippen LogP contribution in [0, 0.1) is 18.3 Å². The maximum Gasteiger partial charge on any atom is 0.220 e. The normalized spacial score (nSPS) is 11.0. The molecule has 0 aliphatic carbocycles. The van der Waals surface area contributed by atoms with Crippen molar-refractivity contribution < 1.29 is 9.13 Å². The minimum absolute atomic E-state index is 0.668. The van der Waals surface area contributed by atoms with E-state index in [0.717, 1.165) is 33.3 Å². The van der Waals surface area contributed by atoms with Crippen LogP contribution in [0.5, 0.6) is 0 Å². The molecule has 0 aliphatic heterocycles. The number of nitriles is 1. The maximum absolute atomic E-state index is 9.85. The molecule has 3 aromatic carbocycles. The fourth-order valence-electron chi connectivity index (χ4n) is 4.65. The molecule has 148 valence electrons. The Labute approximate surface area is 182 Å². The Morgan fingerprint density at radius 3 is 1.55 bits per heavy atom. The van der Waals surface area contributed by atoms with Gasteiger partial charge in [-0.15, -0.1) is 0 Å². The molecular weight excluding hydrogens is 378 g/mol. The molecular formula is C28H23N3+2. The third-order valence-electron chi connectivity index (χ3n) is 6.13. The first-order valence-corrected chi connectivity index (χ1v) is 10.4. The van der Waals surface area contributed by atoms with Crippen LogP contribution < -0.4 is 9.13 Å². The summed E-state index contributed by atoms with van der Waals surface area (Å²) in [4.78, 5) is 0. The molecule has 31 heavy (non-hydrogen) atoms. The fraction of sp³-hybridized carbons (Fsp3) is 0.107. The highest BCUT2D eigenvalue weighted by Gasteiger charge is 2.20. The Morgan fingerprint density at radius 2 is 1.10 bits per heavy atom. The smallest absolute Gasteiger partial charge is 0.200 e. The van der Waals surface area contributed by atoms with E-state index < -0.39 is 0 Å². The number of pyridine rings is 2. The van der Waals surface area contributed by atoms with Crippen LogP contribution in [0.25, 0.3) is 44.1 Å². The van der Waals surface area contributed by atoms with E-state index in [-0.39, 0.29) is 0 Å². The lowest BCUT2D eigenvalue weighted by molar-refractivity contribution is -0.644. The molecule has 0 saturated heterocycles. The standard InChI is InChI=1S/C28H23N3/c1-19-25(23-12-4-8-21-10-6-14-30(2)27(21)23)16-20(18-29)17-26(19)24-13-5-9-22-11-7-15-31(3)28(22)24/h4-17H,1-3H3/q+2. The summed E-state index contributed by atoms with van der Waals surface area (Å²) in [5.74, 6) is 0. The number of aromatic nitrogens is 2. The highest BCUT2D eigenvalue weighted by molar-refractivity contribution is 5.97. The molecule has 0 amide bonds. The highest BCUT2D eigenvalue weighted by atomic mass is 14.9. The van der Waals surface area contributed by atoms with E-state index in [4.69, 9.17) is 0 Å². The van der Waals surface area contributed by atoms with Gasteiger partial charge in [0.25, 0.3) is 0 Å². The van der Waals surface area contributed by atoms with Crippen LogP contribution in [0.3, 0.4) is 0 Å². The second kappa shape index (κ2) is 7.34. The molecule has 2 heterocycles. The molecule has 0 bridgehead atoms. The van der Waals surface area contributed by atoms with E-state index in [2.05, 4.69) is 109 Å². The average Bonchev–Trinajstić information content (AvgIpc) is 2.79. The number of hydrogen-bond acceptors (Lipinski definition) is 1. The van der Waals surface area contributed by atoms with Gasteiger partial charge in [-0.2, -0.15) is 5.26 Å². The molecule has 0 spiro atoms. The summed E-state index contributed by atoms with van der Waals surface area (Å²) in [5.41, 5.74) is 8.64. The van der Waals surface area contributed by atoms with Crippen LogP contribution >= 0.6 is 0 Å². The third-order valence-corrected chi connectivity index (χ3v) is 6.13. The van der Waals surface area contributed by atoms with Gasteiger partial charge in [0.2, 0.25) is 11.0 Å². The zero-order valence-electron chi connectivity index (χ0n) is 17.9. The van der Waals surface area contributed by atoms with Gasteiger partial charge in [-0.3, -0.25) is 0 Å². The number of hydrogen-bond donors (Lipinski definition) is 0. The molecule has 5 rings (SSSR count). The lowest BCUT2D eigenvalue weighted by atomic mass is 9.89. The monoisotopic (exact) mass is 401 g/mol. The Morgan fingerprint density at radius 1 is 0.645 bits per heavy atom. The predicted molar refractivity (Wildman–Crippen MR) is 124 cm³/mol. The van der Waals surface area contributed by atoms with Gasteiger partial charge >= 0.3 is 0 Å². The molecule has 3 heteroatoms. The third kappa shape index (κ3) is 3.05. The van der Waals surface area contributed by atoms with Gasteiger partial charge in [-0.1, -0.05) is 12.1 Å². The Kier molecular flexibility index (Phi) is 4.49. The number of aryl methyl sites for hydroxylation is 2. The summed E-state index contributed by atoms with van der Waals surface area (Å²) < 4.78 is 4.31. The van der Waals surface area contributed by atoms with Crippen molar-refractivity contribution in [3.05, 3.63) is 96.3 Å². The molecule has 0 aliphatic rings. The molecule has 5 aromatic rings. The zero-order valence-corrected chi connectivity index (χ0v) is 17.9. The van der Waals surface area contributed by atoms with Crippen molar-refractivity contribution in [3.63, 3.8) is 0 Å². The van der Waals surface area contributed by atoms with Gasteiger partial charge in [-0.05, 0) is 72.1 Å². The summed E-state index contributed by atoms with van der Waals surface area (Å²) in [5, 5.41) is 12.2. The van der Waals surface area contributed by atoms with E-state index >= 15 is 0 Å². The predicted octanol–water partition coefficient (Wildman–Crippen LogP) is 5.16. The van der Waals surface area contributed by atoms with Crippen molar-refractivity contribution in [2.45, 2.75) is 6.92 Å². The summed E-state index contributed by atoms with van der Waals surface area (Å²) in [7, 11) is 4.14. The van der Waals surface area contributed by atoms with Crippen molar-refractivity contribution in [2.75, 3.05) is 0 Å².